The Morgan fingerprint density at radius 1 is 0.964 bits per heavy atom. The summed E-state index contributed by atoms with van der Waals surface area (Å²) in [5, 5.41) is 3.25. The average molecular weight is 388 g/mol. The summed E-state index contributed by atoms with van der Waals surface area (Å²) in [7, 11) is 0. The molecule has 28 heavy (non-hydrogen) atoms. The number of benzene rings is 1. The summed E-state index contributed by atoms with van der Waals surface area (Å²) >= 11 is 0. The van der Waals surface area contributed by atoms with Crippen LogP contribution in [0.25, 0.3) is 0 Å². The molecule has 3 heteroatoms. The van der Waals surface area contributed by atoms with Crippen LogP contribution in [-0.2, 0) is 10.2 Å². The van der Waals surface area contributed by atoms with Gasteiger partial charge in [-0.05, 0) is 42.4 Å². The number of amides is 1. The quantitative estimate of drug-likeness (QED) is 0.644. The molecule has 0 atom stereocenters. The van der Waals surface area contributed by atoms with E-state index in [1.165, 1.54) is 57.8 Å². The third-order valence-corrected chi connectivity index (χ3v) is 5.77. The Morgan fingerprint density at radius 2 is 1.50 bits per heavy atom. The van der Waals surface area contributed by atoms with Crippen LogP contribution < -0.4 is 10.1 Å². The Morgan fingerprint density at radius 3 is 2.04 bits per heavy atom. The van der Waals surface area contributed by atoms with Crippen LogP contribution in [0.5, 0.6) is 5.75 Å². The number of ether oxygens (including phenoxy) is 1. The third-order valence-electron chi connectivity index (χ3n) is 5.77. The van der Waals surface area contributed by atoms with Crippen LogP contribution >= 0.6 is 0 Å². The van der Waals surface area contributed by atoms with Crippen LogP contribution in [0.1, 0.15) is 103 Å². The molecule has 1 saturated carbocycles. The lowest BCUT2D eigenvalue weighted by Crippen LogP contribution is -2.38. The standard InChI is InChI=1S/C25H41NO2/c1-20-16-17-22(25(2,3)4)23(18-20)28-19-24(27)26-21-14-12-10-8-6-5-7-9-11-13-15-21/h16-18,21H,5-15,19H2,1-4H3,(H,26,27). The zero-order valence-corrected chi connectivity index (χ0v) is 18.6. The van der Waals surface area contributed by atoms with Crippen LogP contribution in [0.4, 0.5) is 0 Å². The highest BCUT2D eigenvalue weighted by Gasteiger charge is 2.20. The Balaban J connectivity index is 1.88. The van der Waals surface area contributed by atoms with Gasteiger partial charge in [0, 0.05) is 6.04 Å². The lowest BCUT2D eigenvalue weighted by Gasteiger charge is -2.24. The van der Waals surface area contributed by atoms with Gasteiger partial charge in [0.2, 0.25) is 0 Å². The molecule has 0 saturated heterocycles. The molecule has 0 bridgehead atoms. The van der Waals surface area contributed by atoms with E-state index in [4.69, 9.17) is 4.74 Å². The largest absolute Gasteiger partial charge is 0.483 e. The fourth-order valence-corrected chi connectivity index (χ4v) is 4.09. The van der Waals surface area contributed by atoms with Gasteiger partial charge in [0.25, 0.3) is 5.91 Å². The fraction of sp³-hybridized carbons (Fsp3) is 0.720. The second kappa shape index (κ2) is 11.5. The molecule has 1 fully saturated rings. The smallest absolute Gasteiger partial charge is 0.258 e. The van der Waals surface area contributed by atoms with E-state index in [1.54, 1.807) is 0 Å². The fourth-order valence-electron chi connectivity index (χ4n) is 4.09. The lowest BCUT2D eigenvalue weighted by atomic mass is 9.86. The monoisotopic (exact) mass is 387 g/mol. The normalized spacial score (nSPS) is 18.0. The topological polar surface area (TPSA) is 38.3 Å². The van der Waals surface area contributed by atoms with Gasteiger partial charge in [-0.2, -0.15) is 0 Å². The molecule has 1 aromatic rings. The summed E-state index contributed by atoms with van der Waals surface area (Å²) in [6, 6.07) is 6.58. The Bertz CT molecular complexity index is 591. The van der Waals surface area contributed by atoms with Crippen molar-refractivity contribution in [2.45, 2.75) is 110 Å². The molecule has 2 rings (SSSR count). The molecule has 1 aliphatic rings. The van der Waals surface area contributed by atoms with E-state index in [-0.39, 0.29) is 17.9 Å². The van der Waals surface area contributed by atoms with Crippen molar-refractivity contribution in [2.75, 3.05) is 6.61 Å². The number of carbonyl (C=O) groups is 1. The van der Waals surface area contributed by atoms with E-state index < -0.39 is 0 Å². The molecular weight excluding hydrogens is 346 g/mol. The Hall–Kier alpha value is -1.51. The van der Waals surface area contributed by atoms with Crippen molar-refractivity contribution in [3.63, 3.8) is 0 Å². The minimum atomic E-state index is -0.00692. The van der Waals surface area contributed by atoms with Crippen molar-refractivity contribution in [1.29, 1.82) is 0 Å². The van der Waals surface area contributed by atoms with Gasteiger partial charge in [-0.25, -0.2) is 0 Å². The van der Waals surface area contributed by atoms with Gasteiger partial charge in [-0.15, -0.1) is 0 Å². The highest BCUT2D eigenvalue weighted by molar-refractivity contribution is 5.77. The molecule has 3 nitrogen and oxygen atoms in total. The first-order valence-electron chi connectivity index (χ1n) is 11.4. The van der Waals surface area contributed by atoms with Gasteiger partial charge in [0.1, 0.15) is 5.75 Å². The van der Waals surface area contributed by atoms with E-state index in [1.807, 2.05) is 6.07 Å². The first-order chi connectivity index (χ1) is 13.4. The van der Waals surface area contributed by atoms with Crippen molar-refractivity contribution in [1.82, 2.24) is 5.32 Å². The second-order valence-corrected chi connectivity index (χ2v) is 9.56. The van der Waals surface area contributed by atoms with Crippen molar-refractivity contribution >= 4 is 5.91 Å². The van der Waals surface area contributed by atoms with Gasteiger partial charge >= 0.3 is 0 Å². The maximum Gasteiger partial charge on any atom is 0.258 e. The Labute approximate surface area is 172 Å². The molecule has 1 aromatic carbocycles. The summed E-state index contributed by atoms with van der Waals surface area (Å²) in [4.78, 5) is 12.6. The van der Waals surface area contributed by atoms with Crippen molar-refractivity contribution in [3.8, 4) is 5.75 Å². The number of carbonyl (C=O) groups excluding carboxylic acids is 1. The summed E-state index contributed by atoms with van der Waals surface area (Å²) < 4.78 is 5.97. The molecule has 0 radical (unpaired) electrons. The van der Waals surface area contributed by atoms with Gasteiger partial charge in [-0.3, -0.25) is 4.79 Å². The molecule has 1 amide bonds. The van der Waals surface area contributed by atoms with E-state index in [0.717, 1.165) is 29.7 Å². The van der Waals surface area contributed by atoms with Gasteiger partial charge in [-0.1, -0.05) is 90.7 Å². The van der Waals surface area contributed by atoms with E-state index in [0.29, 0.717) is 6.04 Å². The second-order valence-electron chi connectivity index (χ2n) is 9.56. The molecule has 0 aromatic heterocycles. The summed E-state index contributed by atoms with van der Waals surface area (Å²) in [6.07, 6.45) is 14.0. The van der Waals surface area contributed by atoms with Gasteiger partial charge in [0.15, 0.2) is 6.61 Å². The summed E-state index contributed by atoms with van der Waals surface area (Å²) in [6.45, 7) is 8.69. The van der Waals surface area contributed by atoms with Crippen LogP contribution in [0.15, 0.2) is 18.2 Å². The van der Waals surface area contributed by atoms with Crippen molar-refractivity contribution in [2.24, 2.45) is 0 Å². The van der Waals surface area contributed by atoms with E-state index in [9.17, 15) is 4.79 Å². The lowest BCUT2D eigenvalue weighted by molar-refractivity contribution is -0.123. The molecule has 0 spiro atoms. The maximum absolute atomic E-state index is 12.6. The van der Waals surface area contributed by atoms with Crippen LogP contribution in [0.2, 0.25) is 0 Å². The molecule has 1 N–H and O–H groups in total. The van der Waals surface area contributed by atoms with Crippen LogP contribution in [-0.4, -0.2) is 18.6 Å². The number of rotatable bonds is 4. The maximum atomic E-state index is 12.6. The summed E-state index contributed by atoms with van der Waals surface area (Å²) in [5.74, 6) is 0.847. The predicted molar refractivity (Wildman–Crippen MR) is 118 cm³/mol. The average Bonchev–Trinajstić information content (AvgIpc) is 2.61. The minimum absolute atomic E-state index is 0.00692. The number of nitrogens with one attached hydrogen (secondary N) is 1. The first-order valence-corrected chi connectivity index (χ1v) is 11.4. The predicted octanol–water partition coefficient (Wildman–Crippen LogP) is 6.46. The number of hydrogen-bond acceptors (Lipinski definition) is 2. The van der Waals surface area contributed by atoms with E-state index in [2.05, 4.69) is 45.1 Å². The number of aryl methyl sites for hydroxylation is 1. The highest BCUT2D eigenvalue weighted by Crippen LogP contribution is 2.32. The van der Waals surface area contributed by atoms with Crippen molar-refractivity contribution in [3.05, 3.63) is 29.3 Å². The van der Waals surface area contributed by atoms with Crippen LogP contribution in [0.3, 0.4) is 0 Å². The van der Waals surface area contributed by atoms with E-state index >= 15 is 0 Å². The number of hydrogen-bond donors (Lipinski definition) is 1. The molecule has 158 valence electrons. The zero-order valence-electron chi connectivity index (χ0n) is 18.6. The Kier molecular flexibility index (Phi) is 9.34. The molecule has 1 aliphatic carbocycles. The third kappa shape index (κ3) is 8.24. The summed E-state index contributed by atoms with van der Waals surface area (Å²) in [5.41, 5.74) is 2.30. The van der Waals surface area contributed by atoms with Gasteiger partial charge in [0.05, 0.1) is 0 Å². The zero-order chi connectivity index (χ0) is 20.4. The molecule has 0 aliphatic heterocycles. The molecular formula is C25H41NO2. The van der Waals surface area contributed by atoms with Crippen molar-refractivity contribution < 1.29 is 9.53 Å². The van der Waals surface area contributed by atoms with Crippen LogP contribution in [0, 0.1) is 6.92 Å². The first kappa shape index (κ1) is 22.8. The highest BCUT2D eigenvalue weighted by atomic mass is 16.5. The van der Waals surface area contributed by atoms with Gasteiger partial charge < -0.3 is 10.1 Å². The SMILES string of the molecule is Cc1ccc(C(C)(C)C)c(OCC(=O)NC2CCCCCCCCCCC2)c1. The minimum Gasteiger partial charge on any atom is -0.483 e. The molecule has 0 heterocycles. The molecule has 0 unspecified atom stereocenters.